The Morgan fingerprint density at radius 3 is 2.52 bits per heavy atom. The lowest BCUT2D eigenvalue weighted by Gasteiger charge is -2.38. The maximum Gasteiger partial charge on any atom is 0.359 e. The van der Waals surface area contributed by atoms with Crippen LogP contribution in [-0.4, -0.2) is 21.9 Å². The monoisotopic (exact) mass is 291 g/mol. The zero-order valence-electron chi connectivity index (χ0n) is 13.6. The van der Waals surface area contributed by atoms with Crippen molar-refractivity contribution in [1.29, 1.82) is 0 Å². The van der Waals surface area contributed by atoms with Crippen LogP contribution in [0.25, 0.3) is 0 Å². The van der Waals surface area contributed by atoms with Crippen molar-refractivity contribution in [2.45, 2.75) is 53.1 Å². The number of esters is 1. The Morgan fingerprint density at radius 1 is 1.43 bits per heavy atom. The van der Waals surface area contributed by atoms with Gasteiger partial charge in [-0.3, -0.25) is 4.68 Å². The van der Waals surface area contributed by atoms with Crippen molar-refractivity contribution >= 4 is 11.7 Å². The molecular weight excluding hydrogens is 266 g/mol. The average molecular weight is 291 g/mol. The van der Waals surface area contributed by atoms with Crippen molar-refractivity contribution in [2.75, 3.05) is 5.73 Å². The van der Waals surface area contributed by atoms with E-state index < -0.39 is 0 Å². The number of carbonyl (C=O) groups is 1. The maximum absolute atomic E-state index is 12.5. The normalized spacial score (nSPS) is 33.4. The Kier molecular flexibility index (Phi) is 2.91. The van der Waals surface area contributed by atoms with Gasteiger partial charge < -0.3 is 10.5 Å². The summed E-state index contributed by atoms with van der Waals surface area (Å²) in [4.78, 5) is 12.5. The van der Waals surface area contributed by atoms with Crippen LogP contribution >= 0.6 is 0 Å². The highest BCUT2D eigenvalue weighted by molar-refractivity contribution is 5.94. The summed E-state index contributed by atoms with van der Waals surface area (Å²) in [5.41, 5.74) is 7.72. The molecule has 5 nitrogen and oxygen atoms in total. The number of anilines is 1. The lowest BCUT2D eigenvalue weighted by atomic mass is 9.70. The molecule has 0 spiro atoms. The minimum absolute atomic E-state index is 0.0200. The summed E-state index contributed by atoms with van der Waals surface area (Å²) in [5.74, 6) is 0.302. The number of ether oxygens (including phenoxy) is 1. The molecular formula is C16H25N3O2. The summed E-state index contributed by atoms with van der Waals surface area (Å²) >= 11 is 0. The summed E-state index contributed by atoms with van der Waals surface area (Å²) in [7, 11) is 1.73. The fraction of sp³-hybridized carbons (Fsp3) is 0.750. The Hall–Kier alpha value is -1.52. The minimum Gasteiger partial charge on any atom is -0.457 e. The Morgan fingerprint density at radius 2 is 2.10 bits per heavy atom. The first-order valence-corrected chi connectivity index (χ1v) is 7.68. The molecule has 116 valence electrons. The standard InChI is InChI=1S/C16H25N3O2/c1-9-12(17)13(19(5)18-9)14(20)21-11-8-10-6-7-16(11,4)15(10,2)3/h10-11H,6-8,17H2,1-5H3. The molecule has 1 aromatic heterocycles. The van der Waals surface area contributed by atoms with Gasteiger partial charge in [-0.05, 0) is 37.5 Å². The lowest BCUT2D eigenvalue weighted by Crippen LogP contribution is -2.38. The van der Waals surface area contributed by atoms with Gasteiger partial charge in [0.15, 0.2) is 5.69 Å². The van der Waals surface area contributed by atoms with Crippen LogP contribution in [0.5, 0.6) is 0 Å². The van der Waals surface area contributed by atoms with Crippen molar-refractivity contribution in [1.82, 2.24) is 9.78 Å². The fourth-order valence-electron chi connectivity index (χ4n) is 4.41. The third-order valence-corrected chi connectivity index (χ3v) is 6.43. The maximum atomic E-state index is 12.5. The van der Waals surface area contributed by atoms with E-state index >= 15 is 0 Å². The van der Waals surface area contributed by atoms with Gasteiger partial charge in [-0.2, -0.15) is 5.10 Å². The average Bonchev–Trinajstić information content (AvgIpc) is 2.84. The van der Waals surface area contributed by atoms with E-state index in [1.54, 1.807) is 14.0 Å². The summed E-state index contributed by atoms with van der Waals surface area (Å²) < 4.78 is 7.39. The zero-order chi connectivity index (χ0) is 15.6. The molecule has 0 saturated heterocycles. The van der Waals surface area contributed by atoms with Crippen LogP contribution in [0.15, 0.2) is 0 Å². The van der Waals surface area contributed by atoms with Crippen LogP contribution in [0.1, 0.15) is 56.2 Å². The molecule has 3 rings (SSSR count). The molecule has 2 bridgehead atoms. The summed E-state index contributed by atoms with van der Waals surface area (Å²) in [5, 5.41) is 4.19. The summed E-state index contributed by atoms with van der Waals surface area (Å²) in [6.07, 6.45) is 3.31. The number of nitrogens with two attached hydrogens (primary N) is 1. The molecule has 3 unspecified atom stereocenters. The molecule has 2 N–H and O–H groups in total. The molecule has 2 aliphatic rings. The quantitative estimate of drug-likeness (QED) is 0.850. The van der Waals surface area contributed by atoms with Gasteiger partial charge in [-0.25, -0.2) is 4.79 Å². The van der Waals surface area contributed by atoms with Crippen LogP contribution < -0.4 is 5.73 Å². The van der Waals surface area contributed by atoms with Gasteiger partial charge in [0, 0.05) is 12.5 Å². The zero-order valence-corrected chi connectivity index (χ0v) is 13.6. The minimum atomic E-state index is -0.342. The van der Waals surface area contributed by atoms with E-state index in [2.05, 4.69) is 25.9 Å². The van der Waals surface area contributed by atoms with Crippen molar-refractivity contribution in [3.8, 4) is 0 Å². The molecule has 0 aromatic carbocycles. The number of aryl methyl sites for hydroxylation is 2. The highest BCUT2D eigenvalue weighted by Gasteiger charge is 2.63. The van der Waals surface area contributed by atoms with E-state index in [9.17, 15) is 4.79 Å². The number of rotatable bonds is 2. The van der Waals surface area contributed by atoms with E-state index in [0.717, 1.165) is 12.8 Å². The van der Waals surface area contributed by atoms with E-state index in [1.807, 2.05) is 0 Å². The molecule has 1 aromatic rings. The second kappa shape index (κ2) is 4.24. The number of hydrogen-bond donors (Lipinski definition) is 1. The molecule has 0 aliphatic heterocycles. The van der Waals surface area contributed by atoms with Gasteiger partial charge in [0.05, 0.1) is 11.4 Å². The van der Waals surface area contributed by atoms with Gasteiger partial charge >= 0.3 is 5.97 Å². The van der Waals surface area contributed by atoms with Gasteiger partial charge in [-0.1, -0.05) is 20.8 Å². The molecule has 3 atom stereocenters. The number of carbonyl (C=O) groups excluding carboxylic acids is 1. The predicted molar refractivity (Wildman–Crippen MR) is 80.8 cm³/mol. The highest BCUT2D eigenvalue weighted by atomic mass is 16.5. The summed E-state index contributed by atoms with van der Waals surface area (Å²) in [6.45, 7) is 8.67. The van der Waals surface area contributed by atoms with E-state index in [-0.39, 0.29) is 22.9 Å². The molecule has 0 radical (unpaired) electrons. The largest absolute Gasteiger partial charge is 0.457 e. The van der Waals surface area contributed by atoms with Crippen LogP contribution in [-0.2, 0) is 11.8 Å². The van der Waals surface area contributed by atoms with Crippen LogP contribution in [0.3, 0.4) is 0 Å². The first kappa shape index (κ1) is 14.4. The Labute approximate surface area is 125 Å². The first-order valence-electron chi connectivity index (χ1n) is 7.68. The molecule has 21 heavy (non-hydrogen) atoms. The number of aromatic nitrogens is 2. The predicted octanol–water partition coefficient (Wildman–Crippen LogP) is 2.68. The second-order valence-corrected chi connectivity index (χ2v) is 7.48. The smallest absolute Gasteiger partial charge is 0.359 e. The molecule has 2 fully saturated rings. The van der Waals surface area contributed by atoms with Crippen molar-refractivity contribution in [3.63, 3.8) is 0 Å². The lowest BCUT2D eigenvalue weighted by molar-refractivity contribution is -0.0249. The number of nitrogens with zero attached hydrogens (tertiary/aromatic N) is 2. The fourth-order valence-corrected chi connectivity index (χ4v) is 4.41. The van der Waals surface area contributed by atoms with E-state index in [0.29, 0.717) is 23.0 Å². The third kappa shape index (κ3) is 1.75. The van der Waals surface area contributed by atoms with Crippen molar-refractivity contribution < 1.29 is 9.53 Å². The van der Waals surface area contributed by atoms with Gasteiger partial charge in [-0.15, -0.1) is 0 Å². The van der Waals surface area contributed by atoms with E-state index in [4.69, 9.17) is 10.5 Å². The number of hydrogen-bond acceptors (Lipinski definition) is 4. The number of nitrogen functional groups attached to an aromatic ring is 1. The highest BCUT2D eigenvalue weighted by Crippen LogP contribution is 2.66. The Bertz CT molecular complexity index is 605. The Balaban J connectivity index is 1.84. The van der Waals surface area contributed by atoms with Gasteiger partial charge in [0.1, 0.15) is 6.10 Å². The molecule has 2 saturated carbocycles. The molecule has 0 amide bonds. The van der Waals surface area contributed by atoms with Crippen LogP contribution in [0.2, 0.25) is 0 Å². The topological polar surface area (TPSA) is 70.1 Å². The summed E-state index contributed by atoms with van der Waals surface area (Å²) in [6, 6.07) is 0. The van der Waals surface area contributed by atoms with Crippen LogP contribution in [0.4, 0.5) is 5.69 Å². The molecule has 2 aliphatic carbocycles. The third-order valence-electron chi connectivity index (χ3n) is 6.43. The van der Waals surface area contributed by atoms with Crippen LogP contribution in [0, 0.1) is 23.7 Å². The van der Waals surface area contributed by atoms with Crippen molar-refractivity contribution in [2.24, 2.45) is 23.8 Å². The molecule has 1 heterocycles. The molecule has 5 heteroatoms. The first-order chi connectivity index (χ1) is 9.68. The van der Waals surface area contributed by atoms with E-state index in [1.165, 1.54) is 11.1 Å². The number of fused-ring (bicyclic) bond motifs is 2. The SMILES string of the molecule is Cc1nn(C)c(C(=O)OC2CC3CCC2(C)C3(C)C)c1N. The van der Waals surface area contributed by atoms with Gasteiger partial charge in [0.25, 0.3) is 0 Å². The van der Waals surface area contributed by atoms with Crippen molar-refractivity contribution in [3.05, 3.63) is 11.4 Å². The second-order valence-electron chi connectivity index (χ2n) is 7.48. The van der Waals surface area contributed by atoms with Gasteiger partial charge in [0.2, 0.25) is 0 Å².